The SMILES string of the molecule is Cn1cc(C(=O)OCC(=O)Nc2ccc([N+](=O)[O-])cc2C(F)(F)F)cn1. The summed E-state index contributed by atoms with van der Waals surface area (Å²) in [5.74, 6) is -1.92. The standard InChI is InChI=1S/C14H11F3N4O5/c1-20-6-8(5-18-20)13(23)26-7-12(22)19-11-3-2-9(21(24)25)4-10(11)14(15,16)17/h2-6H,7H2,1H3,(H,19,22). The monoisotopic (exact) mass is 372 g/mol. The van der Waals surface area contributed by atoms with Crippen molar-refractivity contribution in [3.05, 3.63) is 51.8 Å². The number of nitrogens with zero attached hydrogens (tertiary/aromatic N) is 3. The van der Waals surface area contributed by atoms with Crippen LogP contribution in [0.5, 0.6) is 0 Å². The van der Waals surface area contributed by atoms with Gasteiger partial charge in [0.05, 0.1) is 27.9 Å². The van der Waals surface area contributed by atoms with E-state index in [1.54, 1.807) is 7.05 Å². The first kappa shape index (κ1) is 18.9. The lowest BCUT2D eigenvalue weighted by Gasteiger charge is -2.13. The van der Waals surface area contributed by atoms with Crippen LogP contribution in [0.25, 0.3) is 0 Å². The molecule has 0 aliphatic rings. The Morgan fingerprint density at radius 1 is 1.38 bits per heavy atom. The molecule has 1 aromatic heterocycles. The third kappa shape index (κ3) is 4.55. The second-order valence-electron chi connectivity index (χ2n) is 5.01. The van der Waals surface area contributed by atoms with Crippen LogP contribution in [0, 0.1) is 10.1 Å². The summed E-state index contributed by atoms with van der Waals surface area (Å²) < 4.78 is 45.0. The number of nitro benzene ring substituents is 1. The number of alkyl halides is 3. The number of nitrogens with one attached hydrogen (secondary N) is 1. The van der Waals surface area contributed by atoms with Crippen LogP contribution in [-0.2, 0) is 22.8 Å². The van der Waals surface area contributed by atoms with Gasteiger partial charge in [-0.25, -0.2) is 4.79 Å². The molecule has 0 spiro atoms. The fourth-order valence-corrected chi connectivity index (χ4v) is 1.92. The van der Waals surface area contributed by atoms with Crippen LogP contribution in [-0.4, -0.2) is 33.2 Å². The van der Waals surface area contributed by atoms with Crippen molar-refractivity contribution in [1.82, 2.24) is 9.78 Å². The van der Waals surface area contributed by atoms with Gasteiger partial charge in [-0.3, -0.25) is 19.6 Å². The zero-order valence-electron chi connectivity index (χ0n) is 13.1. The minimum atomic E-state index is -4.93. The summed E-state index contributed by atoms with van der Waals surface area (Å²) in [5.41, 5.74) is -2.80. The van der Waals surface area contributed by atoms with E-state index >= 15 is 0 Å². The maximum absolute atomic E-state index is 13.0. The molecule has 0 bridgehead atoms. The highest BCUT2D eigenvalue weighted by molar-refractivity contribution is 5.95. The molecular formula is C14H11F3N4O5. The predicted molar refractivity (Wildman–Crippen MR) is 80.2 cm³/mol. The largest absolute Gasteiger partial charge is 0.452 e. The molecule has 138 valence electrons. The second-order valence-corrected chi connectivity index (χ2v) is 5.01. The van der Waals surface area contributed by atoms with Gasteiger partial charge in [-0.2, -0.15) is 18.3 Å². The average Bonchev–Trinajstić information content (AvgIpc) is 2.98. The van der Waals surface area contributed by atoms with Crippen molar-refractivity contribution < 1.29 is 32.4 Å². The molecule has 1 heterocycles. The normalized spacial score (nSPS) is 11.1. The van der Waals surface area contributed by atoms with Crippen molar-refractivity contribution in [2.24, 2.45) is 7.05 Å². The molecule has 2 rings (SSSR count). The molecule has 1 aromatic carbocycles. The second kappa shape index (κ2) is 7.21. The van der Waals surface area contributed by atoms with Gasteiger partial charge in [-0.15, -0.1) is 0 Å². The van der Waals surface area contributed by atoms with Crippen molar-refractivity contribution in [2.45, 2.75) is 6.18 Å². The van der Waals surface area contributed by atoms with Crippen molar-refractivity contribution >= 4 is 23.3 Å². The maximum Gasteiger partial charge on any atom is 0.418 e. The molecule has 0 fully saturated rings. The molecule has 0 saturated carbocycles. The third-order valence-corrected chi connectivity index (χ3v) is 3.07. The number of amides is 1. The van der Waals surface area contributed by atoms with Gasteiger partial charge in [0, 0.05) is 25.4 Å². The van der Waals surface area contributed by atoms with E-state index in [9.17, 15) is 32.9 Å². The number of non-ortho nitro benzene ring substituents is 1. The minimum Gasteiger partial charge on any atom is -0.452 e. The Morgan fingerprint density at radius 2 is 2.08 bits per heavy atom. The lowest BCUT2D eigenvalue weighted by molar-refractivity contribution is -0.385. The van der Waals surface area contributed by atoms with E-state index < -0.39 is 46.5 Å². The lowest BCUT2D eigenvalue weighted by Crippen LogP contribution is -2.22. The highest BCUT2D eigenvalue weighted by atomic mass is 19.4. The van der Waals surface area contributed by atoms with Crippen LogP contribution >= 0.6 is 0 Å². The van der Waals surface area contributed by atoms with E-state index in [1.165, 1.54) is 17.1 Å². The number of halogens is 3. The molecule has 2 aromatic rings. The molecule has 0 aliphatic carbocycles. The summed E-state index contributed by atoms with van der Waals surface area (Å²) in [7, 11) is 1.55. The maximum atomic E-state index is 13.0. The number of esters is 1. The van der Waals surface area contributed by atoms with E-state index in [0.29, 0.717) is 6.07 Å². The van der Waals surface area contributed by atoms with Crippen LogP contribution in [0.2, 0.25) is 0 Å². The van der Waals surface area contributed by atoms with Crippen LogP contribution in [0.4, 0.5) is 24.5 Å². The number of aromatic nitrogens is 2. The molecule has 1 N–H and O–H groups in total. The molecule has 9 nitrogen and oxygen atoms in total. The lowest BCUT2D eigenvalue weighted by atomic mass is 10.1. The number of aryl methyl sites for hydroxylation is 1. The fraction of sp³-hybridized carbons (Fsp3) is 0.214. The van der Waals surface area contributed by atoms with Gasteiger partial charge in [-0.1, -0.05) is 0 Å². The number of benzene rings is 1. The molecule has 1 amide bonds. The first-order valence-corrected chi connectivity index (χ1v) is 6.89. The molecule has 0 atom stereocenters. The van der Waals surface area contributed by atoms with Crippen LogP contribution in [0.3, 0.4) is 0 Å². The summed E-state index contributed by atoms with van der Waals surface area (Å²) in [5, 5.41) is 16.3. The molecule has 0 radical (unpaired) electrons. The summed E-state index contributed by atoms with van der Waals surface area (Å²) in [6, 6.07) is 1.87. The molecule has 12 heteroatoms. The van der Waals surface area contributed by atoms with E-state index in [2.05, 4.69) is 9.84 Å². The number of nitro groups is 1. The Kier molecular flexibility index (Phi) is 5.24. The average molecular weight is 372 g/mol. The zero-order valence-corrected chi connectivity index (χ0v) is 13.1. The van der Waals surface area contributed by atoms with Crippen molar-refractivity contribution in [1.29, 1.82) is 0 Å². The minimum absolute atomic E-state index is 0.0617. The quantitative estimate of drug-likeness (QED) is 0.488. The number of hydrogen-bond acceptors (Lipinski definition) is 6. The van der Waals surface area contributed by atoms with Crippen molar-refractivity contribution in [3.8, 4) is 0 Å². The van der Waals surface area contributed by atoms with E-state index in [4.69, 9.17) is 0 Å². The summed E-state index contributed by atoms with van der Waals surface area (Å²) in [6.07, 6.45) is -2.41. The van der Waals surface area contributed by atoms with Crippen LogP contribution in [0.15, 0.2) is 30.6 Å². The first-order valence-electron chi connectivity index (χ1n) is 6.89. The first-order chi connectivity index (χ1) is 12.1. The Hall–Kier alpha value is -3.44. The zero-order chi connectivity index (χ0) is 19.5. The third-order valence-electron chi connectivity index (χ3n) is 3.07. The van der Waals surface area contributed by atoms with Crippen molar-refractivity contribution in [2.75, 3.05) is 11.9 Å². The highest BCUT2D eigenvalue weighted by Crippen LogP contribution is 2.37. The Labute approximate surface area is 143 Å². The smallest absolute Gasteiger partial charge is 0.418 e. The van der Waals surface area contributed by atoms with E-state index in [1.807, 2.05) is 5.32 Å². The molecule has 0 saturated heterocycles. The van der Waals surface area contributed by atoms with Crippen molar-refractivity contribution in [3.63, 3.8) is 0 Å². The number of carbonyl (C=O) groups excluding carboxylic acids is 2. The summed E-state index contributed by atoms with van der Waals surface area (Å²) in [6.45, 7) is -0.845. The van der Waals surface area contributed by atoms with Gasteiger partial charge in [0.25, 0.3) is 11.6 Å². The highest BCUT2D eigenvalue weighted by Gasteiger charge is 2.35. The van der Waals surface area contributed by atoms with Gasteiger partial charge in [-0.05, 0) is 6.07 Å². The number of rotatable bonds is 5. The predicted octanol–water partition coefficient (Wildman–Crippen LogP) is 2.14. The number of ether oxygens (including phenoxy) is 1. The molecular weight excluding hydrogens is 361 g/mol. The molecule has 0 unspecified atom stereocenters. The number of hydrogen-bond donors (Lipinski definition) is 1. The topological polar surface area (TPSA) is 116 Å². The van der Waals surface area contributed by atoms with E-state index in [-0.39, 0.29) is 5.56 Å². The Bertz CT molecular complexity index is 863. The van der Waals surface area contributed by atoms with Gasteiger partial charge in [0.15, 0.2) is 6.61 Å². The van der Waals surface area contributed by atoms with Gasteiger partial charge in [0.1, 0.15) is 0 Å². The van der Waals surface area contributed by atoms with Crippen LogP contribution < -0.4 is 5.32 Å². The van der Waals surface area contributed by atoms with Crippen LogP contribution in [0.1, 0.15) is 15.9 Å². The van der Waals surface area contributed by atoms with E-state index in [0.717, 1.165) is 12.1 Å². The van der Waals surface area contributed by atoms with Gasteiger partial charge in [0.2, 0.25) is 0 Å². The Balaban J connectivity index is 2.08. The fourth-order valence-electron chi connectivity index (χ4n) is 1.92. The summed E-state index contributed by atoms with van der Waals surface area (Å²) in [4.78, 5) is 33.0. The van der Waals surface area contributed by atoms with Gasteiger partial charge < -0.3 is 10.1 Å². The molecule has 26 heavy (non-hydrogen) atoms. The number of carbonyl (C=O) groups is 2. The van der Waals surface area contributed by atoms with Gasteiger partial charge >= 0.3 is 12.1 Å². The summed E-state index contributed by atoms with van der Waals surface area (Å²) >= 11 is 0. The number of anilines is 1. The Morgan fingerprint density at radius 3 is 2.62 bits per heavy atom. The molecule has 0 aliphatic heterocycles.